The van der Waals surface area contributed by atoms with Crippen LogP contribution in [-0.4, -0.2) is 24.5 Å². The van der Waals surface area contributed by atoms with Gasteiger partial charge in [0.05, 0.1) is 0 Å². The van der Waals surface area contributed by atoms with E-state index in [4.69, 9.17) is 5.73 Å². The molecule has 1 aromatic carbocycles. The van der Waals surface area contributed by atoms with Crippen molar-refractivity contribution in [1.82, 2.24) is 4.90 Å². The number of nitrogens with two attached hydrogens (primary N) is 1. The van der Waals surface area contributed by atoms with Crippen LogP contribution in [0.4, 0.5) is 0 Å². The maximum Gasteiger partial charge on any atom is 0.0233 e. The molecule has 20 heavy (non-hydrogen) atoms. The summed E-state index contributed by atoms with van der Waals surface area (Å²) in [5.74, 6) is 0.826. The molecule has 0 bridgehead atoms. The maximum atomic E-state index is 6.18. The van der Waals surface area contributed by atoms with Crippen LogP contribution in [0.25, 0.3) is 0 Å². The Balaban J connectivity index is 1.64. The first-order chi connectivity index (χ1) is 9.82. The van der Waals surface area contributed by atoms with E-state index in [0.29, 0.717) is 5.41 Å². The van der Waals surface area contributed by atoms with Crippen LogP contribution in [-0.2, 0) is 6.54 Å². The Morgan fingerprint density at radius 3 is 2.55 bits per heavy atom. The SMILES string of the molecule is NCC1(C2CCCN(Cc3ccccc3)C2)CCCC1. The molecule has 2 N–H and O–H groups in total. The maximum absolute atomic E-state index is 6.18. The van der Waals surface area contributed by atoms with Crippen molar-refractivity contribution in [3.8, 4) is 0 Å². The lowest BCUT2D eigenvalue weighted by Crippen LogP contribution is -2.45. The van der Waals surface area contributed by atoms with E-state index in [9.17, 15) is 0 Å². The number of rotatable bonds is 4. The van der Waals surface area contributed by atoms with Gasteiger partial charge in [0.15, 0.2) is 0 Å². The van der Waals surface area contributed by atoms with Crippen LogP contribution in [0, 0.1) is 11.3 Å². The normalized spacial score (nSPS) is 26.8. The van der Waals surface area contributed by atoms with E-state index in [1.165, 1.54) is 57.2 Å². The third-order valence-electron chi connectivity index (χ3n) is 5.63. The van der Waals surface area contributed by atoms with Crippen LogP contribution < -0.4 is 5.73 Å². The number of hydrogen-bond donors (Lipinski definition) is 1. The Labute approximate surface area is 123 Å². The van der Waals surface area contributed by atoms with E-state index in [1.54, 1.807) is 0 Å². The second-order valence-electron chi connectivity index (χ2n) is 6.83. The van der Waals surface area contributed by atoms with E-state index in [0.717, 1.165) is 19.0 Å². The minimum absolute atomic E-state index is 0.468. The summed E-state index contributed by atoms with van der Waals surface area (Å²) < 4.78 is 0. The highest BCUT2D eigenvalue weighted by molar-refractivity contribution is 5.14. The Morgan fingerprint density at radius 2 is 1.85 bits per heavy atom. The second-order valence-corrected chi connectivity index (χ2v) is 6.83. The fraction of sp³-hybridized carbons (Fsp3) is 0.667. The van der Waals surface area contributed by atoms with Crippen molar-refractivity contribution in [2.45, 2.75) is 45.1 Å². The van der Waals surface area contributed by atoms with Gasteiger partial charge in [0.25, 0.3) is 0 Å². The predicted octanol–water partition coefficient (Wildman–Crippen LogP) is 3.42. The third-order valence-corrected chi connectivity index (χ3v) is 5.63. The minimum Gasteiger partial charge on any atom is -0.330 e. The van der Waals surface area contributed by atoms with Crippen LogP contribution in [0.1, 0.15) is 44.1 Å². The highest BCUT2D eigenvalue weighted by atomic mass is 15.1. The molecule has 0 spiro atoms. The number of hydrogen-bond acceptors (Lipinski definition) is 2. The molecule has 0 aromatic heterocycles. The highest BCUT2D eigenvalue weighted by Gasteiger charge is 2.41. The lowest BCUT2D eigenvalue weighted by atomic mass is 9.70. The van der Waals surface area contributed by atoms with Crippen molar-refractivity contribution in [2.75, 3.05) is 19.6 Å². The summed E-state index contributed by atoms with van der Waals surface area (Å²) in [5.41, 5.74) is 8.09. The summed E-state index contributed by atoms with van der Waals surface area (Å²) in [4.78, 5) is 2.65. The first-order valence-corrected chi connectivity index (χ1v) is 8.29. The summed E-state index contributed by atoms with van der Waals surface area (Å²) in [7, 11) is 0. The number of nitrogens with zero attached hydrogens (tertiary/aromatic N) is 1. The molecule has 1 aliphatic heterocycles. The molecule has 0 amide bonds. The molecule has 1 saturated carbocycles. The van der Waals surface area contributed by atoms with Crippen LogP contribution in [0.2, 0.25) is 0 Å². The first-order valence-electron chi connectivity index (χ1n) is 8.29. The fourth-order valence-electron chi connectivity index (χ4n) is 4.40. The van der Waals surface area contributed by atoms with Crippen molar-refractivity contribution >= 4 is 0 Å². The summed E-state index contributed by atoms with van der Waals surface area (Å²) in [6, 6.07) is 10.9. The Kier molecular flexibility index (Phi) is 4.42. The molecule has 2 fully saturated rings. The van der Waals surface area contributed by atoms with Gasteiger partial charge in [-0.3, -0.25) is 4.90 Å². The number of piperidine rings is 1. The Bertz CT molecular complexity index is 409. The van der Waals surface area contributed by atoms with Crippen LogP contribution in [0.15, 0.2) is 30.3 Å². The summed E-state index contributed by atoms with van der Waals surface area (Å²) >= 11 is 0. The van der Waals surface area contributed by atoms with E-state index in [-0.39, 0.29) is 0 Å². The van der Waals surface area contributed by atoms with Crippen molar-refractivity contribution < 1.29 is 0 Å². The first kappa shape index (κ1) is 14.1. The molecule has 3 rings (SSSR count). The van der Waals surface area contributed by atoms with Crippen molar-refractivity contribution in [1.29, 1.82) is 0 Å². The fourth-order valence-corrected chi connectivity index (χ4v) is 4.40. The van der Waals surface area contributed by atoms with E-state index >= 15 is 0 Å². The van der Waals surface area contributed by atoms with Gasteiger partial charge in [-0.2, -0.15) is 0 Å². The van der Waals surface area contributed by atoms with Gasteiger partial charge in [0.2, 0.25) is 0 Å². The molecule has 1 unspecified atom stereocenters. The molecule has 1 heterocycles. The van der Waals surface area contributed by atoms with E-state index < -0.39 is 0 Å². The van der Waals surface area contributed by atoms with Gasteiger partial charge in [0, 0.05) is 13.1 Å². The van der Waals surface area contributed by atoms with E-state index in [1.807, 2.05) is 0 Å². The predicted molar refractivity (Wildman–Crippen MR) is 84.4 cm³/mol. The molecule has 2 nitrogen and oxygen atoms in total. The lowest BCUT2D eigenvalue weighted by Gasteiger charge is -2.43. The highest BCUT2D eigenvalue weighted by Crippen LogP contribution is 2.46. The Hall–Kier alpha value is -0.860. The van der Waals surface area contributed by atoms with Gasteiger partial charge in [-0.1, -0.05) is 43.2 Å². The van der Waals surface area contributed by atoms with Crippen LogP contribution in [0.3, 0.4) is 0 Å². The van der Waals surface area contributed by atoms with E-state index in [2.05, 4.69) is 35.2 Å². The van der Waals surface area contributed by atoms with Gasteiger partial charge in [-0.25, -0.2) is 0 Å². The second kappa shape index (κ2) is 6.28. The molecule has 1 saturated heterocycles. The van der Waals surface area contributed by atoms with Gasteiger partial charge >= 0.3 is 0 Å². The molecule has 1 aromatic rings. The molecule has 110 valence electrons. The van der Waals surface area contributed by atoms with Crippen molar-refractivity contribution in [2.24, 2.45) is 17.1 Å². The summed E-state index contributed by atoms with van der Waals surface area (Å²) in [6.07, 6.45) is 8.27. The topological polar surface area (TPSA) is 29.3 Å². The summed E-state index contributed by atoms with van der Waals surface area (Å²) in [6.45, 7) is 4.52. The smallest absolute Gasteiger partial charge is 0.0233 e. The number of likely N-dealkylation sites (tertiary alicyclic amines) is 1. The average molecular weight is 272 g/mol. The average Bonchev–Trinajstić information content (AvgIpc) is 2.99. The van der Waals surface area contributed by atoms with Gasteiger partial charge in [0.1, 0.15) is 0 Å². The largest absolute Gasteiger partial charge is 0.330 e. The quantitative estimate of drug-likeness (QED) is 0.910. The lowest BCUT2D eigenvalue weighted by molar-refractivity contribution is 0.0686. The van der Waals surface area contributed by atoms with Gasteiger partial charge < -0.3 is 5.73 Å². The zero-order valence-electron chi connectivity index (χ0n) is 12.6. The van der Waals surface area contributed by atoms with Gasteiger partial charge in [-0.05, 0) is 55.7 Å². The van der Waals surface area contributed by atoms with Crippen LogP contribution >= 0.6 is 0 Å². The standard InChI is InChI=1S/C18H28N2/c19-15-18(10-4-5-11-18)17-9-6-12-20(14-17)13-16-7-2-1-3-8-16/h1-3,7-8,17H,4-6,9-15,19H2. The molecule has 1 atom stereocenters. The molecule has 0 radical (unpaired) electrons. The zero-order valence-corrected chi connectivity index (χ0v) is 12.6. The molecular formula is C18H28N2. The minimum atomic E-state index is 0.468. The van der Waals surface area contributed by atoms with Crippen molar-refractivity contribution in [3.05, 3.63) is 35.9 Å². The third kappa shape index (κ3) is 2.91. The molecular weight excluding hydrogens is 244 g/mol. The number of benzene rings is 1. The van der Waals surface area contributed by atoms with Gasteiger partial charge in [-0.15, -0.1) is 0 Å². The van der Waals surface area contributed by atoms with Crippen molar-refractivity contribution in [3.63, 3.8) is 0 Å². The monoisotopic (exact) mass is 272 g/mol. The summed E-state index contributed by atoms with van der Waals surface area (Å²) in [5, 5.41) is 0. The Morgan fingerprint density at radius 1 is 1.10 bits per heavy atom. The molecule has 1 aliphatic carbocycles. The molecule has 2 aliphatic rings. The molecule has 2 heteroatoms. The zero-order chi connectivity index (χ0) is 13.8. The van der Waals surface area contributed by atoms with Crippen LogP contribution in [0.5, 0.6) is 0 Å².